The van der Waals surface area contributed by atoms with Gasteiger partial charge in [-0.3, -0.25) is 4.79 Å². The Labute approximate surface area is 124 Å². The van der Waals surface area contributed by atoms with Crippen LogP contribution >= 0.6 is 0 Å². The van der Waals surface area contributed by atoms with Crippen LogP contribution in [0.4, 0.5) is 5.69 Å². The molecule has 0 aliphatic rings. The van der Waals surface area contributed by atoms with E-state index in [1.807, 2.05) is 0 Å². The molecule has 1 rings (SSSR count). The predicted molar refractivity (Wildman–Crippen MR) is 80.6 cm³/mol. The van der Waals surface area contributed by atoms with Crippen molar-refractivity contribution in [2.75, 3.05) is 32.0 Å². The quantitative estimate of drug-likeness (QED) is 0.738. The van der Waals surface area contributed by atoms with Crippen LogP contribution in [-0.4, -0.2) is 46.6 Å². The van der Waals surface area contributed by atoms with Crippen molar-refractivity contribution < 1.29 is 22.7 Å². The van der Waals surface area contributed by atoms with E-state index in [1.54, 1.807) is 6.92 Å². The number of carbonyl (C=O) groups is 1. The molecule has 1 aromatic carbocycles. The fraction of sp³-hybridized carbons (Fsp3) is 0.462. The van der Waals surface area contributed by atoms with Crippen LogP contribution in [0.1, 0.15) is 17.3 Å². The molecule has 0 spiro atoms. The molecule has 21 heavy (non-hydrogen) atoms. The first-order valence-corrected chi connectivity index (χ1v) is 8.24. The average Bonchev–Trinajstić information content (AvgIpc) is 2.35. The number of sulfone groups is 1. The first-order chi connectivity index (χ1) is 9.67. The number of hydrogen-bond acceptors (Lipinski definition) is 6. The van der Waals surface area contributed by atoms with E-state index < -0.39 is 21.8 Å². The minimum Gasteiger partial charge on any atom is -0.493 e. The summed E-state index contributed by atoms with van der Waals surface area (Å²) < 4.78 is 32.6. The van der Waals surface area contributed by atoms with Gasteiger partial charge in [0.25, 0.3) is 5.91 Å². The number of benzene rings is 1. The zero-order valence-corrected chi connectivity index (χ0v) is 13.3. The van der Waals surface area contributed by atoms with E-state index in [4.69, 9.17) is 15.2 Å². The van der Waals surface area contributed by atoms with Gasteiger partial charge in [0.1, 0.15) is 9.84 Å². The zero-order valence-electron chi connectivity index (χ0n) is 12.5. The van der Waals surface area contributed by atoms with Gasteiger partial charge in [-0.25, -0.2) is 8.42 Å². The molecule has 0 bridgehead atoms. The summed E-state index contributed by atoms with van der Waals surface area (Å²) in [5.74, 6) is 0.166. The molecule has 1 aromatic rings. The van der Waals surface area contributed by atoms with Crippen molar-refractivity contribution in [1.29, 1.82) is 0 Å². The maximum atomic E-state index is 12.1. The van der Waals surface area contributed by atoms with Crippen molar-refractivity contribution in [2.24, 2.45) is 0 Å². The highest BCUT2D eigenvalue weighted by atomic mass is 32.2. The number of anilines is 1. The molecule has 118 valence electrons. The summed E-state index contributed by atoms with van der Waals surface area (Å²) >= 11 is 0. The molecule has 1 atom stereocenters. The van der Waals surface area contributed by atoms with Gasteiger partial charge >= 0.3 is 0 Å². The van der Waals surface area contributed by atoms with E-state index in [1.165, 1.54) is 26.4 Å². The fourth-order valence-corrected chi connectivity index (χ4v) is 2.88. The molecule has 3 N–H and O–H groups in total. The Balaban J connectivity index is 2.97. The number of nitrogens with two attached hydrogens (primary N) is 1. The summed E-state index contributed by atoms with van der Waals surface area (Å²) in [5.41, 5.74) is 6.23. The first kappa shape index (κ1) is 17.1. The smallest absolute Gasteiger partial charge is 0.253 e. The van der Waals surface area contributed by atoms with Crippen molar-refractivity contribution in [3.8, 4) is 11.5 Å². The van der Waals surface area contributed by atoms with Crippen LogP contribution in [0.15, 0.2) is 12.1 Å². The van der Waals surface area contributed by atoms with E-state index in [-0.39, 0.29) is 17.0 Å². The predicted octanol–water partition coefficient (Wildman–Crippen LogP) is 0.449. The lowest BCUT2D eigenvalue weighted by Crippen LogP contribution is -2.37. The maximum absolute atomic E-state index is 12.1. The first-order valence-electron chi connectivity index (χ1n) is 6.18. The molecule has 7 nitrogen and oxygen atoms in total. The van der Waals surface area contributed by atoms with Crippen molar-refractivity contribution in [3.63, 3.8) is 0 Å². The third-order valence-electron chi connectivity index (χ3n) is 2.73. The van der Waals surface area contributed by atoms with Gasteiger partial charge in [0.15, 0.2) is 11.5 Å². The molecule has 0 saturated heterocycles. The molecule has 0 saturated carbocycles. The molecular weight excluding hydrogens is 296 g/mol. The van der Waals surface area contributed by atoms with Crippen molar-refractivity contribution >= 4 is 21.4 Å². The Kier molecular flexibility index (Phi) is 5.42. The molecule has 0 aliphatic heterocycles. The van der Waals surface area contributed by atoms with E-state index in [9.17, 15) is 13.2 Å². The average molecular weight is 316 g/mol. The Morgan fingerprint density at radius 3 is 2.29 bits per heavy atom. The number of nitrogens with one attached hydrogen (secondary N) is 1. The Bertz CT molecular complexity index is 628. The molecule has 0 aliphatic carbocycles. The lowest BCUT2D eigenvalue weighted by molar-refractivity contribution is 0.0944. The number of rotatable bonds is 6. The van der Waals surface area contributed by atoms with Gasteiger partial charge in [-0.1, -0.05) is 0 Å². The van der Waals surface area contributed by atoms with Crippen LogP contribution in [0.2, 0.25) is 0 Å². The number of hydrogen-bond donors (Lipinski definition) is 2. The lowest BCUT2D eigenvalue weighted by atomic mass is 10.1. The lowest BCUT2D eigenvalue weighted by Gasteiger charge is -2.15. The number of carbonyl (C=O) groups excluding carboxylic acids is 1. The molecule has 8 heteroatoms. The minimum atomic E-state index is -3.18. The van der Waals surface area contributed by atoms with Gasteiger partial charge in [0, 0.05) is 24.1 Å². The molecule has 0 aromatic heterocycles. The summed E-state index contributed by atoms with van der Waals surface area (Å²) in [7, 11) is -0.266. The highest BCUT2D eigenvalue weighted by Crippen LogP contribution is 2.31. The Morgan fingerprint density at radius 2 is 1.81 bits per heavy atom. The Hall–Kier alpha value is -1.96. The normalized spacial score (nSPS) is 12.6. The van der Waals surface area contributed by atoms with Crippen molar-refractivity contribution in [1.82, 2.24) is 5.32 Å². The molecule has 0 fully saturated rings. The van der Waals surface area contributed by atoms with E-state index >= 15 is 0 Å². The molecule has 1 unspecified atom stereocenters. The van der Waals surface area contributed by atoms with Crippen LogP contribution in [0, 0.1) is 0 Å². The van der Waals surface area contributed by atoms with Crippen LogP contribution < -0.4 is 20.5 Å². The van der Waals surface area contributed by atoms with Crippen molar-refractivity contribution in [3.05, 3.63) is 17.7 Å². The summed E-state index contributed by atoms with van der Waals surface area (Å²) in [6, 6.07) is 2.41. The largest absolute Gasteiger partial charge is 0.493 e. The Morgan fingerprint density at radius 1 is 1.29 bits per heavy atom. The second-order valence-electron chi connectivity index (χ2n) is 4.76. The van der Waals surface area contributed by atoms with E-state index in [0.717, 1.165) is 6.26 Å². The number of nitrogen functional groups attached to an aromatic ring is 1. The van der Waals surface area contributed by atoms with Gasteiger partial charge in [-0.2, -0.15) is 0 Å². The molecular formula is C13H20N2O5S. The van der Waals surface area contributed by atoms with E-state index in [2.05, 4.69) is 5.32 Å². The molecule has 0 radical (unpaired) electrons. The van der Waals surface area contributed by atoms with Gasteiger partial charge in [-0.05, 0) is 13.0 Å². The van der Waals surface area contributed by atoms with Crippen molar-refractivity contribution in [2.45, 2.75) is 13.0 Å². The van der Waals surface area contributed by atoms with Gasteiger partial charge in [-0.15, -0.1) is 0 Å². The van der Waals surface area contributed by atoms with Gasteiger partial charge in [0.05, 0.1) is 25.5 Å². The SMILES string of the molecule is COc1cc(N)c(C(=O)NC(C)CS(C)(=O)=O)cc1OC. The summed E-state index contributed by atoms with van der Waals surface area (Å²) in [6.07, 6.45) is 1.11. The van der Waals surface area contributed by atoms with Crippen LogP contribution in [-0.2, 0) is 9.84 Å². The van der Waals surface area contributed by atoms with Crippen LogP contribution in [0.3, 0.4) is 0 Å². The monoisotopic (exact) mass is 316 g/mol. The summed E-state index contributed by atoms with van der Waals surface area (Å²) in [6.45, 7) is 1.61. The van der Waals surface area contributed by atoms with E-state index in [0.29, 0.717) is 11.5 Å². The van der Waals surface area contributed by atoms with Crippen LogP contribution in [0.5, 0.6) is 11.5 Å². The fourth-order valence-electron chi connectivity index (χ4n) is 1.89. The number of ether oxygens (including phenoxy) is 2. The third-order valence-corrected chi connectivity index (χ3v) is 3.84. The molecule has 1 amide bonds. The number of amides is 1. The molecule has 0 heterocycles. The third kappa shape index (κ3) is 4.82. The topological polar surface area (TPSA) is 108 Å². The van der Waals surface area contributed by atoms with Gasteiger partial charge in [0.2, 0.25) is 0 Å². The van der Waals surface area contributed by atoms with Gasteiger partial charge < -0.3 is 20.5 Å². The second-order valence-corrected chi connectivity index (χ2v) is 6.95. The summed E-state index contributed by atoms with van der Waals surface area (Å²) in [4.78, 5) is 12.1. The zero-order chi connectivity index (χ0) is 16.2. The maximum Gasteiger partial charge on any atom is 0.253 e. The second kappa shape index (κ2) is 6.66. The minimum absolute atomic E-state index is 0.147. The number of methoxy groups -OCH3 is 2. The highest BCUT2D eigenvalue weighted by molar-refractivity contribution is 7.90. The summed E-state index contributed by atoms with van der Waals surface area (Å²) in [5, 5.41) is 2.59. The highest BCUT2D eigenvalue weighted by Gasteiger charge is 2.18. The van der Waals surface area contributed by atoms with Crippen LogP contribution in [0.25, 0.3) is 0 Å². The standard InChI is InChI=1S/C13H20N2O5S/c1-8(7-21(4,17)18)15-13(16)9-5-11(19-2)12(20-3)6-10(9)14/h5-6,8H,7,14H2,1-4H3,(H,15,16).